The van der Waals surface area contributed by atoms with Gasteiger partial charge >= 0.3 is 0 Å². The summed E-state index contributed by atoms with van der Waals surface area (Å²) in [5, 5.41) is 0. The summed E-state index contributed by atoms with van der Waals surface area (Å²) in [6.45, 7) is 4.30. The number of ether oxygens (including phenoxy) is 1. The SMILES string of the molecule is C=Cc1ccc(COc2ccccc2Br)cc1. The van der Waals surface area contributed by atoms with Gasteiger partial charge in [-0.3, -0.25) is 0 Å². The quantitative estimate of drug-likeness (QED) is 0.794. The molecular formula is C15H13BrO. The number of benzene rings is 2. The maximum atomic E-state index is 5.72. The van der Waals surface area contributed by atoms with Gasteiger partial charge in [0.1, 0.15) is 12.4 Å². The lowest BCUT2D eigenvalue weighted by molar-refractivity contribution is 0.304. The van der Waals surface area contributed by atoms with Gasteiger partial charge in [0, 0.05) is 0 Å². The van der Waals surface area contributed by atoms with Gasteiger partial charge in [0.05, 0.1) is 4.47 Å². The van der Waals surface area contributed by atoms with E-state index in [-0.39, 0.29) is 0 Å². The Morgan fingerprint density at radius 3 is 2.41 bits per heavy atom. The van der Waals surface area contributed by atoms with Crippen molar-refractivity contribution in [2.24, 2.45) is 0 Å². The zero-order valence-corrected chi connectivity index (χ0v) is 11.0. The molecule has 1 nitrogen and oxygen atoms in total. The molecule has 86 valence electrons. The molecule has 17 heavy (non-hydrogen) atoms. The van der Waals surface area contributed by atoms with Crippen molar-refractivity contribution in [1.82, 2.24) is 0 Å². The molecule has 0 heterocycles. The zero-order chi connectivity index (χ0) is 12.1. The van der Waals surface area contributed by atoms with Crippen molar-refractivity contribution in [1.29, 1.82) is 0 Å². The Morgan fingerprint density at radius 1 is 1.06 bits per heavy atom. The van der Waals surface area contributed by atoms with E-state index in [4.69, 9.17) is 4.74 Å². The fourth-order valence-corrected chi connectivity index (χ4v) is 1.87. The molecule has 2 aromatic carbocycles. The monoisotopic (exact) mass is 288 g/mol. The normalized spacial score (nSPS) is 9.94. The van der Waals surface area contributed by atoms with Crippen LogP contribution in [-0.2, 0) is 6.61 Å². The van der Waals surface area contributed by atoms with E-state index in [1.165, 1.54) is 0 Å². The van der Waals surface area contributed by atoms with Crippen LogP contribution >= 0.6 is 15.9 Å². The van der Waals surface area contributed by atoms with Gasteiger partial charge in [-0.1, -0.05) is 49.1 Å². The highest BCUT2D eigenvalue weighted by molar-refractivity contribution is 9.10. The summed E-state index contributed by atoms with van der Waals surface area (Å²) in [6, 6.07) is 16.0. The molecule has 0 unspecified atom stereocenters. The van der Waals surface area contributed by atoms with Gasteiger partial charge in [0.2, 0.25) is 0 Å². The van der Waals surface area contributed by atoms with E-state index in [2.05, 4.69) is 22.5 Å². The van der Waals surface area contributed by atoms with Crippen LogP contribution in [0.5, 0.6) is 5.75 Å². The molecule has 0 spiro atoms. The van der Waals surface area contributed by atoms with Crippen LogP contribution in [0.1, 0.15) is 11.1 Å². The van der Waals surface area contributed by atoms with Crippen LogP contribution in [0.15, 0.2) is 59.6 Å². The first kappa shape index (κ1) is 11.9. The third kappa shape index (κ3) is 3.21. The summed E-state index contributed by atoms with van der Waals surface area (Å²) >= 11 is 3.45. The third-order valence-corrected chi connectivity index (χ3v) is 3.10. The lowest BCUT2D eigenvalue weighted by Crippen LogP contribution is -1.95. The van der Waals surface area contributed by atoms with Crippen LogP contribution in [0.4, 0.5) is 0 Å². The second kappa shape index (κ2) is 5.69. The van der Waals surface area contributed by atoms with Crippen LogP contribution < -0.4 is 4.74 Å². The molecule has 2 heteroatoms. The molecule has 0 saturated heterocycles. The molecule has 0 amide bonds. The van der Waals surface area contributed by atoms with Gasteiger partial charge in [-0.2, -0.15) is 0 Å². The Kier molecular flexibility index (Phi) is 3.99. The number of hydrogen-bond donors (Lipinski definition) is 0. The van der Waals surface area contributed by atoms with Gasteiger partial charge in [-0.15, -0.1) is 0 Å². The zero-order valence-electron chi connectivity index (χ0n) is 9.40. The second-order valence-corrected chi connectivity index (χ2v) is 4.52. The second-order valence-electron chi connectivity index (χ2n) is 3.66. The minimum absolute atomic E-state index is 0.569. The van der Waals surface area contributed by atoms with Gasteiger partial charge in [-0.05, 0) is 39.2 Å². The molecule has 0 radical (unpaired) electrons. The van der Waals surface area contributed by atoms with Gasteiger partial charge in [0.15, 0.2) is 0 Å². The minimum Gasteiger partial charge on any atom is -0.488 e. The highest BCUT2D eigenvalue weighted by atomic mass is 79.9. The van der Waals surface area contributed by atoms with Crippen LogP contribution in [0.3, 0.4) is 0 Å². The van der Waals surface area contributed by atoms with Gasteiger partial charge in [-0.25, -0.2) is 0 Å². The lowest BCUT2D eigenvalue weighted by atomic mass is 10.1. The van der Waals surface area contributed by atoms with Crippen molar-refractivity contribution in [3.8, 4) is 5.75 Å². The summed E-state index contributed by atoms with van der Waals surface area (Å²) in [5.41, 5.74) is 2.26. The Bertz CT molecular complexity index is 503. The van der Waals surface area contributed by atoms with Crippen LogP contribution in [0.2, 0.25) is 0 Å². The smallest absolute Gasteiger partial charge is 0.133 e. The van der Waals surface area contributed by atoms with E-state index in [0.29, 0.717) is 6.61 Å². The first-order chi connectivity index (χ1) is 8.29. The van der Waals surface area contributed by atoms with E-state index in [0.717, 1.165) is 21.3 Å². The predicted octanol–water partition coefficient (Wildman–Crippen LogP) is 4.67. The summed E-state index contributed by atoms with van der Waals surface area (Å²) in [4.78, 5) is 0. The van der Waals surface area contributed by atoms with Crippen LogP contribution in [0.25, 0.3) is 6.08 Å². The maximum absolute atomic E-state index is 5.72. The van der Waals surface area contributed by atoms with E-state index >= 15 is 0 Å². The van der Waals surface area contributed by atoms with Crippen molar-refractivity contribution < 1.29 is 4.74 Å². The Labute approximate surface area is 110 Å². The molecule has 0 aliphatic carbocycles. The topological polar surface area (TPSA) is 9.23 Å². The first-order valence-corrected chi connectivity index (χ1v) is 6.17. The molecule has 2 rings (SSSR count). The largest absolute Gasteiger partial charge is 0.488 e. The highest BCUT2D eigenvalue weighted by Crippen LogP contribution is 2.24. The van der Waals surface area contributed by atoms with Crippen LogP contribution in [-0.4, -0.2) is 0 Å². The first-order valence-electron chi connectivity index (χ1n) is 5.38. The molecule has 0 bridgehead atoms. The number of rotatable bonds is 4. The summed E-state index contributed by atoms with van der Waals surface area (Å²) in [7, 11) is 0. The molecule has 2 aromatic rings. The Morgan fingerprint density at radius 2 is 1.76 bits per heavy atom. The van der Waals surface area contributed by atoms with E-state index in [1.54, 1.807) is 0 Å². The lowest BCUT2D eigenvalue weighted by Gasteiger charge is -2.08. The number of para-hydroxylation sites is 1. The average molecular weight is 289 g/mol. The fraction of sp³-hybridized carbons (Fsp3) is 0.0667. The van der Waals surface area contributed by atoms with E-state index in [1.807, 2.05) is 54.6 Å². The molecule has 0 aliphatic rings. The van der Waals surface area contributed by atoms with E-state index < -0.39 is 0 Å². The summed E-state index contributed by atoms with van der Waals surface area (Å²) < 4.78 is 6.70. The summed E-state index contributed by atoms with van der Waals surface area (Å²) in [5.74, 6) is 0.861. The van der Waals surface area contributed by atoms with Crippen molar-refractivity contribution >= 4 is 22.0 Å². The van der Waals surface area contributed by atoms with E-state index in [9.17, 15) is 0 Å². The predicted molar refractivity (Wildman–Crippen MR) is 75.0 cm³/mol. The minimum atomic E-state index is 0.569. The summed E-state index contributed by atoms with van der Waals surface area (Å²) in [6.07, 6.45) is 1.83. The number of halogens is 1. The highest BCUT2D eigenvalue weighted by Gasteiger charge is 1.99. The molecule has 0 aliphatic heterocycles. The molecule has 0 saturated carbocycles. The maximum Gasteiger partial charge on any atom is 0.133 e. The fourth-order valence-electron chi connectivity index (χ4n) is 1.47. The molecule has 0 N–H and O–H groups in total. The Hall–Kier alpha value is -1.54. The van der Waals surface area contributed by atoms with Gasteiger partial charge < -0.3 is 4.74 Å². The number of hydrogen-bond acceptors (Lipinski definition) is 1. The van der Waals surface area contributed by atoms with Crippen molar-refractivity contribution in [2.75, 3.05) is 0 Å². The Balaban J connectivity index is 2.02. The molecule has 0 fully saturated rings. The third-order valence-electron chi connectivity index (χ3n) is 2.45. The standard InChI is InChI=1S/C15H13BrO/c1-2-12-7-9-13(10-8-12)11-17-15-6-4-3-5-14(15)16/h2-10H,1,11H2. The van der Waals surface area contributed by atoms with Crippen molar-refractivity contribution in [2.45, 2.75) is 6.61 Å². The molecule has 0 atom stereocenters. The van der Waals surface area contributed by atoms with Crippen LogP contribution in [0, 0.1) is 0 Å². The molecular weight excluding hydrogens is 276 g/mol. The molecule has 0 aromatic heterocycles. The van der Waals surface area contributed by atoms with Crippen molar-refractivity contribution in [3.05, 3.63) is 70.7 Å². The average Bonchev–Trinajstić information content (AvgIpc) is 2.38. The van der Waals surface area contributed by atoms with Crippen molar-refractivity contribution in [3.63, 3.8) is 0 Å². The van der Waals surface area contributed by atoms with Gasteiger partial charge in [0.25, 0.3) is 0 Å².